The van der Waals surface area contributed by atoms with Gasteiger partial charge in [-0.15, -0.1) is 0 Å². The first-order valence-electron chi connectivity index (χ1n) is 8.16. The number of hydrogen-bond acceptors (Lipinski definition) is 3. The van der Waals surface area contributed by atoms with Crippen molar-refractivity contribution in [3.05, 3.63) is 48.1 Å². The van der Waals surface area contributed by atoms with Crippen LogP contribution < -0.4 is 0 Å². The topological polar surface area (TPSA) is 51.0 Å². The van der Waals surface area contributed by atoms with Crippen LogP contribution in [0.5, 0.6) is 0 Å². The van der Waals surface area contributed by atoms with Crippen LogP contribution in [-0.2, 0) is 17.8 Å². The molecular weight excluding hydrogens is 314 g/mol. The molecule has 0 radical (unpaired) electrons. The van der Waals surface area contributed by atoms with E-state index in [9.17, 15) is 13.6 Å². The molecule has 2 heterocycles. The number of aromatic nitrogens is 3. The summed E-state index contributed by atoms with van der Waals surface area (Å²) < 4.78 is 28.9. The summed E-state index contributed by atoms with van der Waals surface area (Å²) >= 11 is 0. The predicted molar refractivity (Wildman–Crippen MR) is 84.0 cm³/mol. The number of likely N-dealkylation sites (tertiary alicyclic amines) is 1. The molecule has 1 aromatic heterocycles. The lowest BCUT2D eigenvalue weighted by atomic mass is 9.91. The van der Waals surface area contributed by atoms with Crippen LogP contribution in [0, 0.1) is 17.6 Å². The van der Waals surface area contributed by atoms with E-state index in [-0.39, 0.29) is 23.9 Å². The Bertz CT molecular complexity index is 670. The third kappa shape index (κ3) is 3.96. The summed E-state index contributed by atoms with van der Waals surface area (Å²) in [5.74, 6) is -0.727. The highest BCUT2D eigenvalue weighted by Crippen LogP contribution is 2.23. The molecule has 5 nitrogen and oxygen atoms in total. The number of carbonyl (C=O) groups is 1. The molecule has 1 atom stereocenters. The molecule has 7 heteroatoms. The lowest BCUT2D eigenvalue weighted by Gasteiger charge is -2.33. The van der Waals surface area contributed by atoms with E-state index in [2.05, 4.69) is 10.1 Å². The largest absolute Gasteiger partial charge is 0.341 e. The van der Waals surface area contributed by atoms with Crippen LogP contribution in [0.3, 0.4) is 0 Å². The van der Waals surface area contributed by atoms with Crippen LogP contribution in [0.4, 0.5) is 8.78 Å². The van der Waals surface area contributed by atoms with Crippen molar-refractivity contribution in [3.63, 3.8) is 0 Å². The lowest BCUT2D eigenvalue weighted by Crippen LogP contribution is -2.41. The first-order valence-corrected chi connectivity index (χ1v) is 8.16. The standard InChI is InChI=1S/C17H20F2N4O/c18-15-4-1-5-16(19)14(15)7-6-13-3-2-8-22(9-13)17(24)10-23-12-20-11-21-23/h1,4-5,11-13H,2-3,6-10H2/t13-/m1/s1. The first kappa shape index (κ1) is 16.5. The van der Waals surface area contributed by atoms with Gasteiger partial charge in [0.05, 0.1) is 0 Å². The molecule has 24 heavy (non-hydrogen) atoms. The Morgan fingerprint density at radius 3 is 2.79 bits per heavy atom. The van der Waals surface area contributed by atoms with Gasteiger partial charge in [-0.1, -0.05) is 6.07 Å². The highest BCUT2D eigenvalue weighted by molar-refractivity contribution is 5.75. The molecule has 0 spiro atoms. The van der Waals surface area contributed by atoms with Gasteiger partial charge in [0.1, 0.15) is 30.8 Å². The van der Waals surface area contributed by atoms with Crippen molar-refractivity contribution >= 4 is 5.91 Å². The third-order valence-corrected chi connectivity index (χ3v) is 4.50. The highest BCUT2D eigenvalue weighted by atomic mass is 19.1. The molecule has 3 rings (SSSR count). The van der Waals surface area contributed by atoms with Crippen molar-refractivity contribution in [1.82, 2.24) is 19.7 Å². The zero-order valence-corrected chi connectivity index (χ0v) is 13.4. The fraction of sp³-hybridized carbons (Fsp3) is 0.471. The number of piperidine rings is 1. The Morgan fingerprint density at radius 2 is 2.08 bits per heavy atom. The molecule has 0 aliphatic carbocycles. The van der Waals surface area contributed by atoms with Gasteiger partial charge in [-0.3, -0.25) is 4.79 Å². The average molecular weight is 334 g/mol. The highest BCUT2D eigenvalue weighted by Gasteiger charge is 2.24. The molecule has 0 N–H and O–H groups in total. The van der Waals surface area contributed by atoms with Crippen molar-refractivity contribution < 1.29 is 13.6 Å². The van der Waals surface area contributed by atoms with Gasteiger partial charge in [-0.2, -0.15) is 5.10 Å². The molecule has 1 aromatic carbocycles. The fourth-order valence-corrected chi connectivity index (χ4v) is 3.20. The lowest BCUT2D eigenvalue weighted by molar-refractivity contribution is -0.133. The fourth-order valence-electron chi connectivity index (χ4n) is 3.20. The van der Waals surface area contributed by atoms with Gasteiger partial charge in [0.15, 0.2) is 0 Å². The molecular formula is C17H20F2N4O. The van der Waals surface area contributed by atoms with E-state index >= 15 is 0 Å². The summed E-state index contributed by atoms with van der Waals surface area (Å²) in [6.45, 7) is 1.52. The van der Waals surface area contributed by atoms with Crippen LogP contribution in [0.15, 0.2) is 30.9 Å². The molecule has 128 valence electrons. The van der Waals surface area contributed by atoms with Gasteiger partial charge >= 0.3 is 0 Å². The summed E-state index contributed by atoms with van der Waals surface area (Å²) in [6.07, 6.45) is 5.82. The van der Waals surface area contributed by atoms with Crippen molar-refractivity contribution in [1.29, 1.82) is 0 Å². The Labute approximate surface area is 139 Å². The van der Waals surface area contributed by atoms with E-state index in [1.54, 1.807) is 0 Å². The van der Waals surface area contributed by atoms with E-state index in [1.165, 1.54) is 35.5 Å². The van der Waals surface area contributed by atoms with E-state index in [4.69, 9.17) is 0 Å². The van der Waals surface area contributed by atoms with E-state index in [0.29, 0.717) is 19.4 Å². The van der Waals surface area contributed by atoms with E-state index in [1.807, 2.05) is 4.90 Å². The Kier molecular flexibility index (Phi) is 5.17. The maximum atomic E-state index is 13.7. The second-order valence-corrected chi connectivity index (χ2v) is 6.18. The summed E-state index contributed by atoms with van der Waals surface area (Å²) in [5.41, 5.74) is 0.142. The van der Waals surface area contributed by atoms with Crippen molar-refractivity contribution in [3.8, 4) is 0 Å². The third-order valence-electron chi connectivity index (χ3n) is 4.50. The number of amides is 1. The first-order chi connectivity index (χ1) is 11.6. The molecule has 1 aliphatic heterocycles. The monoisotopic (exact) mass is 334 g/mol. The van der Waals surface area contributed by atoms with Gasteiger partial charge < -0.3 is 4.90 Å². The number of halogens is 2. The van der Waals surface area contributed by atoms with Crippen molar-refractivity contribution in [2.24, 2.45) is 5.92 Å². The minimum absolute atomic E-state index is 0.00210. The Balaban J connectivity index is 1.54. The molecule has 1 saturated heterocycles. The molecule has 1 fully saturated rings. The molecule has 1 amide bonds. The SMILES string of the molecule is O=C(Cn1cncn1)N1CCC[C@H](CCc2c(F)cccc2F)C1. The second kappa shape index (κ2) is 7.51. The number of rotatable bonds is 5. The van der Waals surface area contributed by atoms with Crippen LogP contribution in [0.25, 0.3) is 0 Å². The van der Waals surface area contributed by atoms with Crippen LogP contribution in [-0.4, -0.2) is 38.7 Å². The number of nitrogens with zero attached hydrogens (tertiary/aromatic N) is 4. The summed E-state index contributed by atoms with van der Waals surface area (Å²) in [5, 5.41) is 3.94. The zero-order chi connectivity index (χ0) is 16.9. The predicted octanol–water partition coefficient (Wildman–Crippen LogP) is 2.43. The summed E-state index contributed by atoms with van der Waals surface area (Å²) in [7, 11) is 0. The maximum absolute atomic E-state index is 13.7. The molecule has 0 bridgehead atoms. The molecule has 2 aromatic rings. The zero-order valence-electron chi connectivity index (χ0n) is 13.4. The molecule has 0 saturated carbocycles. The van der Waals surface area contributed by atoms with Gasteiger partial charge in [0.25, 0.3) is 0 Å². The summed E-state index contributed by atoms with van der Waals surface area (Å²) in [6, 6.07) is 3.94. The van der Waals surface area contributed by atoms with Crippen LogP contribution >= 0.6 is 0 Å². The summed E-state index contributed by atoms with van der Waals surface area (Å²) in [4.78, 5) is 17.9. The van der Waals surface area contributed by atoms with Gasteiger partial charge in [-0.25, -0.2) is 18.4 Å². The van der Waals surface area contributed by atoms with E-state index in [0.717, 1.165) is 19.4 Å². The van der Waals surface area contributed by atoms with Gasteiger partial charge in [-0.05, 0) is 43.7 Å². The van der Waals surface area contributed by atoms with E-state index < -0.39 is 11.6 Å². The Morgan fingerprint density at radius 1 is 1.29 bits per heavy atom. The maximum Gasteiger partial charge on any atom is 0.244 e. The van der Waals surface area contributed by atoms with Gasteiger partial charge in [0.2, 0.25) is 5.91 Å². The minimum Gasteiger partial charge on any atom is -0.341 e. The van der Waals surface area contributed by atoms with Crippen LogP contribution in [0.1, 0.15) is 24.8 Å². The normalized spacial score (nSPS) is 17.9. The minimum atomic E-state index is -0.495. The quantitative estimate of drug-likeness (QED) is 0.844. The number of hydrogen-bond donors (Lipinski definition) is 0. The Hall–Kier alpha value is -2.31. The van der Waals surface area contributed by atoms with Gasteiger partial charge in [0, 0.05) is 18.7 Å². The smallest absolute Gasteiger partial charge is 0.244 e. The number of benzene rings is 1. The average Bonchev–Trinajstić information content (AvgIpc) is 3.07. The molecule has 0 unspecified atom stereocenters. The van der Waals surface area contributed by atoms with Crippen LogP contribution in [0.2, 0.25) is 0 Å². The number of carbonyl (C=O) groups excluding carboxylic acids is 1. The van der Waals surface area contributed by atoms with Crippen molar-refractivity contribution in [2.45, 2.75) is 32.2 Å². The van der Waals surface area contributed by atoms with Crippen molar-refractivity contribution in [2.75, 3.05) is 13.1 Å². The molecule has 1 aliphatic rings. The second-order valence-electron chi connectivity index (χ2n) is 6.18.